The third kappa shape index (κ3) is 4.36. The van der Waals surface area contributed by atoms with Crippen molar-refractivity contribution in [3.63, 3.8) is 0 Å². The smallest absolute Gasteiger partial charge is 0.223 e. The number of amides is 1. The molecule has 5 nitrogen and oxygen atoms in total. The van der Waals surface area contributed by atoms with Gasteiger partial charge >= 0.3 is 0 Å². The van der Waals surface area contributed by atoms with Crippen LogP contribution in [0, 0.1) is 12.8 Å². The summed E-state index contributed by atoms with van der Waals surface area (Å²) in [4.78, 5) is 15.6. The molecule has 1 amide bonds. The van der Waals surface area contributed by atoms with E-state index in [9.17, 15) is 4.79 Å². The molecule has 1 saturated heterocycles. The Morgan fingerprint density at radius 1 is 1.12 bits per heavy atom. The molecule has 0 spiro atoms. The van der Waals surface area contributed by atoms with Crippen molar-refractivity contribution in [3.8, 4) is 0 Å². The number of hydrogen-bond acceptors (Lipinski definition) is 5. The number of piperidine rings is 1. The molecule has 1 N–H and O–H groups in total. The summed E-state index contributed by atoms with van der Waals surface area (Å²) in [5.41, 5.74) is 1.24. The number of rotatable bonds is 5. The van der Waals surface area contributed by atoms with E-state index in [4.69, 9.17) is 0 Å². The fourth-order valence-electron chi connectivity index (χ4n) is 3.25. The molecule has 1 saturated carbocycles. The Kier molecular flexibility index (Phi) is 5.11. The maximum absolute atomic E-state index is 12.2. The monoisotopic (exact) mass is 368 g/mol. The maximum Gasteiger partial charge on any atom is 0.223 e. The molecule has 1 aromatic carbocycles. The lowest BCUT2D eigenvalue weighted by atomic mass is 9.96. The van der Waals surface area contributed by atoms with E-state index in [0.29, 0.717) is 6.04 Å². The summed E-state index contributed by atoms with van der Waals surface area (Å²) in [5, 5.41) is 12.8. The van der Waals surface area contributed by atoms with E-state index in [1.807, 2.05) is 12.1 Å². The summed E-state index contributed by atoms with van der Waals surface area (Å²) in [6.07, 6.45) is 4.07. The average molecular weight is 369 g/mol. The van der Waals surface area contributed by atoms with E-state index < -0.39 is 0 Å². The molecule has 2 fully saturated rings. The van der Waals surface area contributed by atoms with Crippen molar-refractivity contribution >= 4 is 23.5 Å². The number of hydrogen-bond donors (Lipinski definition) is 1. The van der Waals surface area contributed by atoms with Crippen LogP contribution in [-0.2, 0) is 4.79 Å². The van der Waals surface area contributed by atoms with E-state index in [1.165, 1.54) is 10.5 Å². The lowest BCUT2D eigenvalue weighted by molar-refractivity contribution is -0.125. The topological polar surface area (TPSA) is 58.1 Å². The number of nitrogens with one attached hydrogen (secondary N) is 1. The van der Waals surface area contributed by atoms with Gasteiger partial charge in [0.1, 0.15) is 5.03 Å². The Labute approximate surface area is 158 Å². The SMILES string of the molecule is Cc1cccc(Sc2ccc(N3CCC(C(=O)NC4CC4)CC3)nn2)c1. The molecule has 6 heteroatoms. The summed E-state index contributed by atoms with van der Waals surface area (Å²) in [6, 6.07) is 12.9. The molecule has 0 atom stereocenters. The average Bonchev–Trinajstić information content (AvgIpc) is 3.47. The highest BCUT2D eigenvalue weighted by Crippen LogP contribution is 2.28. The molecule has 2 aliphatic rings. The molecule has 1 aliphatic heterocycles. The number of aromatic nitrogens is 2. The first-order valence-corrected chi connectivity index (χ1v) is 10.1. The number of carbonyl (C=O) groups excluding carboxylic acids is 1. The minimum Gasteiger partial charge on any atom is -0.355 e. The molecule has 26 heavy (non-hydrogen) atoms. The lowest BCUT2D eigenvalue weighted by Crippen LogP contribution is -2.41. The van der Waals surface area contributed by atoms with Crippen molar-refractivity contribution < 1.29 is 4.79 Å². The molecule has 0 unspecified atom stereocenters. The van der Waals surface area contributed by atoms with Crippen molar-refractivity contribution in [1.82, 2.24) is 15.5 Å². The Balaban J connectivity index is 1.32. The molecule has 2 aromatic rings. The second-order valence-corrected chi connectivity index (χ2v) is 8.29. The van der Waals surface area contributed by atoms with E-state index in [2.05, 4.69) is 51.6 Å². The van der Waals surface area contributed by atoms with Gasteiger partial charge in [-0.05, 0) is 56.9 Å². The zero-order chi connectivity index (χ0) is 17.9. The minimum absolute atomic E-state index is 0.149. The van der Waals surface area contributed by atoms with Crippen molar-refractivity contribution in [3.05, 3.63) is 42.0 Å². The third-order valence-corrected chi connectivity index (χ3v) is 5.87. The van der Waals surface area contributed by atoms with Crippen LogP contribution in [0.1, 0.15) is 31.2 Å². The molecular weight excluding hydrogens is 344 g/mol. The van der Waals surface area contributed by atoms with Gasteiger partial charge in [-0.2, -0.15) is 0 Å². The zero-order valence-electron chi connectivity index (χ0n) is 15.0. The van der Waals surface area contributed by atoms with Gasteiger partial charge in [-0.25, -0.2) is 0 Å². The van der Waals surface area contributed by atoms with Crippen molar-refractivity contribution in [1.29, 1.82) is 0 Å². The number of anilines is 1. The van der Waals surface area contributed by atoms with Gasteiger partial charge in [0.2, 0.25) is 5.91 Å². The largest absolute Gasteiger partial charge is 0.355 e. The van der Waals surface area contributed by atoms with Crippen LogP contribution in [0.2, 0.25) is 0 Å². The molecule has 0 bridgehead atoms. The number of benzene rings is 1. The van der Waals surface area contributed by atoms with E-state index in [-0.39, 0.29) is 11.8 Å². The zero-order valence-corrected chi connectivity index (χ0v) is 15.8. The second-order valence-electron chi connectivity index (χ2n) is 7.19. The van der Waals surface area contributed by atoms with Gasteiger partial charge in [-0.1, -0.05) is 29.5 Å². The maximum atomic E-state index is 12.2. The van der Waals surface area contributed by atoms with Crippen molar-refractivity contribution in [2.24, 2.45) is 5.92 Å². The van der Waals surface area contributed by atoms with Crippen molar-refractivity contribution in [2.45, 2.75) is 48.6 Å². The quantitative estimate of drug-likeness (QED) is 0.876. The fraction of sp³-hybridized carbons (Fsp3) is 0.450. The van der Waals surface area contributed by atoms with Crippen LogP contribution in [0.5, 0.6) is 0 Å². The van der Waals surface area contributed by atoms with Gasteiger partial charge in [0.05, 0.1) is 0 Å². The van der Waals surface area contributed by atoms with E-state index >= 15 is 0 Å². The predicted molar refractivity (Wildman–Crippen MR) is 103 cm³/mol. The van der Waals surface area contributed by atoms with Gasteiger partial charge in [-0.15, -0.1) is 10.2 Å². The Morgan fingerprint density at radius 2 is 1.92 bits per heavy atom. The summed E-state index contributed by atoms with van der Waals surface area (Å²) in [7, 11) is 0. The summed E-state index contributed by atoms with van der Waals surface area (Å²) >= 11 is 1.63. The number of carbonyl (C=O) groups is 1. The Hall–Kier alpha value is -2.08. The molecule has 4 rings (SSSR count). The van der Waals surface area contributed by atoms with Crippen LogP contribution in [-0.4, -0.2) is 35.2 Å². The molecule has 136 valence electrons. The molecule has 0 radical (unpaired) electrons. The molecule has 2 heterocycles. The highest BCUT2D eigenvalue weighted by atomic mass is 32.2. The lowest BCUT2D eigenvalue weighted by Gasteiger charge is -2.31. The first-order valence-electron chi connectivity index (χ1n) is 9.31. The van der Waals surface area contributed by atoms with E-state index in [1.54, 1.807) is 11.8 Å². The normalized spacial score (nSPS) is 18.0. The fourth-order valence-corrected chi connectivity index (χ4v) is 4.10. The van der Waals surface area contributed by atoms with Crippen LogP contribution in [0.15, 0.2) is 46.3 Å². The second kappa shape index (κ2) is 7.66. The Bertz CT molecular complexity index is 768. The van der Waals surface area contributed by atoms with Crippen molar-refractivity contribution in [2.75, 3.05) is 18.0 Å². The first-order chi connectivity index (χ1) is 12.7. The predicted octanol–water partition coefficient (Wildman–Crippen LogP) is 3.43. The Morgan fingerprint density at radius 3 is 2.58 bits per heavy atom. The van der Waals surface area contributed by atoms with Gasteiger partial charge in [0.15, 0.2) is 5.82 Å². The van der Waals surface area contributed by atoms with Gasteiger partial charge in [0, 0.05) is 29.9 Å². The minimum atomic E-state index is 0.149. The van der Waals surface area contributed by atoms with Gasteiger partial charge in [0.25, 0.3) is 0 Å². The summed E-state index contributed by atoms with van der Waals surface area (Å²) < 4.78 is 0. The first kappa shape index (κ1) is 17.3. The van der Waals surface area contributed by atoms with Crippen LogP contribution in [0.3, 0.4) is 0 Å². The summed E-state index contributed by atoms with van der Waals surface area (Å²) in [5.74, 6) is 1.29. The standard InChI is InChI=1S/C20H24N4OS/c1-14-3-2-4-17(13-14)26-19-8-7-18(22-23-19)24-11-9-15(10-12-24)20(25)21-16-5-6-16/h2-4,7-8,13,15-16H,5-6,9-12H2,1H3,(H,21,25). The van der Waals surface area contributed by atoms with E-state index in [0.717, 1.165) is 49.6 Å². The van der Waals surface area contributed by atoms with Crippen LogP contribution in [0.4, 0.5) is 5.82 Å². The number of aryl methyl sites for hydroxylation is 1. The molecule has 1 aliphatic carbocycles. The highest BCUT2D eigenvalue weighted by molar-refractivity contribution is 7.99. The van der Waals surface area contributed by atoms with Gasteiger partial charge < -0.3 is 10.2 Å². The number of nitrogens with zero attached hydrogens (tertiary/aromatic N) is 3. The third-order valence-electron chi connectivity index (χ3n) is 4.95. The van der Waals surface area contributed by atoms with Crippen LogP contribution < -0.4 is 10.2 Å². The molecule has 1 aromatic heterocycles. The highest BCUT2D eigenvalue weighted by Gasteiger charge is 2.30. The summed E-state index contributed by atoms with van der Waals surface area (Å²) in [6.45, 7) is 3.82. The van der Waals surface area contributed by atoms with Crippen LogP contribution >= 0.6 is 11.8 Å². The van der Waals surface area contributed by atoms with Crippen LogP contribution in [0.25, 0.3) is 0 Å². The van der Waals surface area contributed by atoms with Gasteiger partial charge in [-0.3, -0.25) is 4.79 Å². The molecular formula is C20H24N4OS.